The number of fused-ring (bicyclic) bond motifs is 3. The van der Waals surface area contributed by atoms with Crippen LogP contribution in [0.5, 0.6) is 0 Å². The normalized spacial score (nSPS) is 14.5. The molecule has 3 N–H and O–H groups in total. The first-order valence-electron chi connectivity index (χ1n) is 9.78. The first kappa shape index (κ1) is 20.5. The van der Waals surface area contributed by atoms with Crippen molar-refractivity contribution in [3.05, 3.63) is 89.5 Å². The third-order valence-electron chi connectivity index (χ3n) is 5.38. The van der Waals surface area contributed by atoms with E-state index >= 15 is 0 Å². The molecule has 0 fully saturated rings. The lowest BCUT2D eigenvalue weighted by atomic mass is 9.98. The van der Waals surface area contributed by atoms with Crippen LogP contribution in [0.3, 0.4) is 0 Å². The Hall–Kier alpha value is -2.80. The minimum atomic E-state index is -1.17. The molecule has 0 saturated carbocycles. The molecule has 0 radical (unpaired) electrons. The smallest absolute Gasteiger partial charge is 0.407 e. The van der Waals surface area contributed by atoms with Crippen LogP contribution in [0, 0.1) is 0 Å². The third-order valence-corrected chi connectivity index (χ3v) is 5.65. The minimum Gasteiger partial charge on any atom is -0.449 e. The quantitative estimate of drug-likeness (QED) is 0.455. The van der Waals surface area contributed by atoms with Gasteiger partial charge in [-0.3, -0.25) is 0 Å². The molecule has 3 aromatic carbocycles. The van der Waals surface area contributed by atoms with E-state index in [1.165, 1.54) is 0 Å². The fourth-order valence-electron chi connectivity index (χ4n) is 3.88. The monoisotopic (exact) mass is 421 g/mol. The minimum absolute atomic E-state index is 0.0307. The molecule has 154 valence electrons. The van der Waals surface area contributed by atoms with Crippen LogP contribution in [0.1, 0.15) is 28.7 Å². The summed E-state index contributed by atoms with van der Waals surface area (Å²) >= 11 is 4.23. The highest BCUT2D eigenvalue weighted by molar-refractivity contribution is 7.80. The number of thiol groups is 1. The second-order valence-electron chi connectivity index (χ2n) is 7.31. The number of hydrogen-bond donors (Lipinski definition) is 4. The van der Waals surface area contributed by atoms with Gasteiger partial charge >= 0.3 is 6.09 Å². The van der Waals surface area contributed by atoms with Crippen molar-refractivity contribution in [2.24, 2.45) is 0 Å². The lowest BCUT2D eigenvalue weighted by Crippen LogP contribution is -2.36. The summed E-state index contributed by atoms with van der Waals surface area (Å²) in [7, 11) is 0. The van der Waals surface area contributed by atoms with Gasteiger partial charge in [-0.15, -0.1) is 12.6 Å². The second kappa shape index (κ2) is 8.92. The number of nitrogens with one attached hydrogen (secondary N) is 1. The first-order chi connectivity index (χ1) is 14.5. The number of hydrogen-bond acceptors (Lipinski definition) is 5. The van der Waals surface area contributed by atoms with Crippen LogP contribution in [0.2, 0.25) is 0 Å². The van der Waals surface area contributed by atoms with Gasteiger partial charge in [0.1, 0.15) is 18.8 Å². The number of carbonyl (C=O) groups excluding carboxylic acids is 1. The van der Waals surface area contributed by atoms with Crippen LogP contribution in [-0.4, -0.2) is 35.6 Å². The molecule has 5 nitrogen and oxygen atoms in total. The van der Waals surface area contributed by atoms with Crippen LogP contribution >= 0.6 is 12.6 Å². The van der Waals surface area contributed by atoms with Crippen molar-refractivity contribution in [2.75, 3.05) is 13.2 Å². The Bertz CT molecular complexity index is 1010. The zero-order valence-corrected chi connectivity index (χ0v) is 17.1. The Morgan fingerprint density at radius 2 is 1.60 bits per heavy atom. The van der Waals surface area contributed by atoms with Crippen molar-refractivity contribution in [1.82, 2.24) is 5.32 Å². The van der Waals surface area contributed by atoms with Gasteiger partial charge in [-0.25, -0.2) is 4.79 Å². The maximum absolute atomic E-state index is 12.2. The molecule has 0 saturated heterocycles. The molecular weight excluding hydrogens is 398 g/mol. The average Bonchev–Trinajstić information content (AvgIpc) is 3.09. The summed E-state index contributed by atoms with van der Waals surface area (Å²) in [5, 5.41) is 23.0. The molecule has 4 rings (SSSR count). The highest BCUT2D eigenvalue weighted by atomic mass is 32.1. The van der Waals surface area contributed by atoms with Gasteiger partial charge < -0.3 is 20.3 Å². The van der Waals surface area contributed by atoms with Crippen molar-refractivity contribution >= 4 is 18.7 Å². The molecule has 1 amide bonds. The molecule has 0 spiro atoms. The Morgan fingerprint density at radius 1 is 0.967 bits per heavy atom. The molecule has 3 aromatic rings. The van der Waals surface area contributed by atoms with Crippen LogP contribution < -0.4 is 5.32 Å². The van der Waals surface area contributed by atoms with Crippen molar-refractivity contribution in [3.8, 4) is 11.1 Å². The summed E-state index contributed by atoms with van der Waals surface area (Å²) in [6.45, 7) is 0.0643. The lowest BCUT2D eigenvalue weighted by molar-refractivity contribution is 0.0184. The summed E-state index contributed by atoms with van der Waals surface area (Å²) < 4.78 is 5.44. The maximum Gasteiger partial charge on any atom is 0.407 e. The number of alkyl carbamates (subject to hydrolysis) is 1. The maximum atomic E-state index is 12.2. The molecule has 6 heteroatoms. The van der Waals surface area contributed by atoms with Gasteiger partial charge in [0.25, 0.3) is 0 Å². The predicted molar refractivity (Wildman–Crippen MR) is 118 cm³/mol. The molecular formula is C24H23NO4S. The zero-order valence-electron chi connectivity index (χ0n) is 16.2. The molecule has 1 aliphatic carbocycles. The summed E-state index contributed by atoms with van der Waals surface area (Å²) in [4.78, 5) is 12.9. The molecule has 0 aliphatic heterocycles. The lowest BCUT2D eigenvalue weighted by Gasteiger charge is -2.19. The van der Waals surface area contributed by atoms with E-state index in [1.807, 2.05) is 24.3 Å². The molecule has 0 heterocycles. The van der Waals surface area contributed by atoms with Crippen LogP contribution in [0.4, 0.5) is 4.79 Å². The molecule has 1 aliphatic rings. The van der Waals surface area contributed by atoms with E-state index in [4.69, 9.17) is 4.74 Å². The first-order valence-corrected chi connectivity index (χ1v) is 10.2. The predicted octanol–water partition coefficient (Wildman–Crippen LogP) is 3.91. The van der Waals surface area contributed by atoms with E-state index in [9.17, 15) is 15.0 Å². The Balaban J connectivity index is 1.34. The number of aliphatic hydroxyl groups is 2. The van der Waals surface area contributed by atoms with Gasteiger partial charge in [-0.1, -0.05) is 60.7 Å². The second-order valence-corrected chi connectivity index (χ2v) is 7.83. The fraction of sp³-hybridized carbons (Fsp3) is 0.208. The largest absolute Gasteiger partial charge is 0.449 e. The van der Waals surface area contributed by atoms with E-state index in [1.54, 1.807) is 24.3 Å². The van der Waals surface area contributed by atoms with Crippen LogP contribution in [0.25, 0.3) is 11.1 Å². The van der Waals surface area contributed by atoms with Crippen molar-refractivity contribution in [3.63, 3.8) is 0 Å². The van der Waals surface area contributed by atoms with Gasteiger partial charge in [-0.05, 0) is 39.9 Å². The number of benzene rings is 3. The van der Waals surface area contributed by atoms with Crippen LogP contribution in [0.15, 0.2) is 77.7 Å². The molecule has 2 atom stereocenters. The summed E-state index contributed by atoms with van der Waals surface area (Å²) in [5.41, 5.74) is 5.12. The summed E-state index contributed by atoms with van der Waals surface area (Å²) in [5.74, 6) is -0.0307. The van der Waals surface area contributed by atoms with E-state index in [0.29, 0.717) is 10.5 Å². The van der Waals surface area contributed by atoms with Crippen molar-refractivity contribution < 1.29 is 19.7 Å². The topological polar surface area (TPSA) is 78.8 Å². The number of aliphatic hydroxyl groups excluding tert-OH is 2. The molecule has 0 bridgehead atoms. The Morgan fingerprint density at radius 3 is 2.23 bits per heavy atom. The molecule has 0 aromatic heterocycles. The van der Waals surface area contributed by atoms with E-state index < -0.39 is 18.3 Å². The van der Waals surface area contributed by atoms with E-state index in [2.05, 4.69) is 42.2 Å². The van der Waals surface area contributed by atoms with Crippen molar-refractivity contribution in [2.45, 2.75) is 23.0 Å². The van der Waals surface area contributed by atoms with Crippen molar-refractivity contribution in [1.29, 1.82) is 0 Å². The molecule has 30 heavy (non-hydrogen) atoms. The Kier molecular flexibility index (Phi) is 6.08. The SMILES string of the molecule is O=C(NCC(O)C(O)c1cccc(S)c1)OCC1c2ccccc2-c2ccccc21. The average molecular weight is 422 g/mol. The van der Waals surface area contributed by atoms with Crippen LogP contribution in [-0.2, 0) is 4.74 Å². The van der Waals surface area contributed by atoms with E-state index in [0.717, 1.165) is 22.3 Å². The van der Waals surface area contributed by atoms with E-state index in [-0.39, 0.29) is 19.1 Å². The number of rotatable bonds is 6. The van der Waals surface area contributed by atoms with Gasteiger partial charge in [0.15, 0.2) is 0 Å². The summed E-state index contributed by atoms with van der Waals surface area (Å²) in [6.07, 6.45) is -2.93. The Labute approximate surface area is 180 Å². The fourth-order valence-corrected chi connectivity index (χ4v) is 4.12. The summed E-state index contributed by atoms with van der Waals surface area (Å²) in [6, 6.07) is 23.1. The number of carbonyl (C=O) groups is 1. The zero-order chi connectivity index (χ0) is 21.1. The molecule has 2 unspecified atom stereocenters. The highest BCUT2D eigenvalue weighted by Gasteiger charge is 2.29. The van der Waals surface area contributed by atoms with Gasteiger partial charge in [0, 0.05) is 17.4 Å². The standard InChI is InChI=1S/C24H23NO4S/c26-22(23(27)15-6-5-7-16(30)12-15)13-25-24(28)29-14-21-19-10-3-1-8-17(19)18-9-2-4-11-20(18)21/h1-12,21-23,26-27,30H,13-14H2,(H,25,28). The third kappa shape index (κ3) is 4.21. The van der Waals surface area contributed by atoms with Gasteiger partial charge in [-0.2, -0.15) is 0 Å². The number of ether oxygens (including phenoxy) is 1. The van der Waals surface area contributed by atoms with Gasteiger partial charge in [0.05, 0.1) is 0 Å². The van der Waals surface area contributed by atoms with Gasteiger partial charge in [0.2, 0.25) is 0 Å². The number of amides is 1. The highest BCUT2D eigenvalue weighted by Crippen LogP contribution is 2.44.